The SMILES string of the molecule is CC(C)(O)c1cnc(C2=C(C#N)C(=O)N[C@@]3(CCc4cc(OCCCC(F)(F)F)ccc43)C2)s1. The van der Waals surface area contributed by atoms with Crippen molar-refractivity contribution >= 4 is 22.8 Å². The number of ether oxygens (including phenoxy) is 1. The summed E-state index contributed by atoms with van der Waals surface area (Å²) in [6.45, 7) is 3.26. The summed E-state index contributed by atoms with van der Waals surface area (Å²) >= 11 is 1.26. The summed E-state index contributed by atoms with van der Waals surface area (Å²) in [6, 6.07) is 7.34. The molecule has 2 N–H and O–H groups in total. The zero-order valence-corrected chi connectivity index (χ0v) is 19.6. The van der Waals surface area contributed by atoms with E-state index in [0.29, 0.717) is 40.5 Å². The number of nitrogens with zero attached hydrogens (tertiary/aromatic N) is 2. The molecule has 0 fully saturated rings. The number of rotatable bonds is 6. The maximum Gasteiger partial charge on any atom is 0.389 e. The lowest BCUT2D eigenvalue weighted by molar-refractivity contribution is -0.136. The van der Waals surface area contributed by atoms with Gasteiger partial charge in [0.05, 0.1) is 22.6 Å². The van der Waals surface area contributed by atoms with Crippen LogP contribution in [0.5, 0.6) is 5.75 Å². The van der Waals surface area contributed by atoms with Gasteiger partial charge in [0.2, 0.25) is 0 Å². The summed E-state index contributed by atoms with van der Waals surface area (Å²) in [7, 11) is 0. The molecule has 1 aromatic carbocycles. The molecule has 2 aromatic rings. The molecular weight excluding hydrogens is 467 g/mol. The normalized spacial score (nSPS) is 20.3. The van der Waals surface area contributed by atoms with E-state index in [2.05, 4.69) is 10.3 Å². The second-order valence-corrected chi connectivity index (χ2v) is 10.2. The van der Waals surface area contributed by atoms with Gasteiger partial charge >= 0.3 is 6.18 Å². The number of alkyl halides is 3. The predicted molar refractivity (Wildman–Crippen MR) is 120 cm³/mol. The molecule has 34 heavy (non-hydrogen) atoms. The molecule has 180 valence electrons. The second-order valence-electron chi connectivity index (χ2n) is 9.15. The smallest absolute Gasteiger partial charge is 0.389 e. The standard InChI is InChI=1S/C24H24F3N3O3S/c1-22(2,32)19-13-29-21(34-19)16-11-23(30-20(31)17(16)12-28)8-6-14-10-15(4-5-18(14)23)33-9-3-7-24(25,26)27/h4-5,10,13,32H,3,6-9,11H2,1-2H3,(H,30,31)/t23-/m0/s1. The summed E-state index contributed by atoms with van der Waals surface area (Å²) in [5, 5.41) is 23.5. The molecule has 1 aromatic heterocycles. The molecule has 1 spiro atoms. The van der Waals surface area contributed by atoms with Crippen LogP contribution in [-0.2, 0) is 22.4 Å². The topological polar surface area (TPSA) is 95.2 Å². The Morgan fingerprint density at radius 1 is 1.35 bits per heavy atom. The van der Waals surface area contributed by atoms with Gasteiger partial charge in [0, 0.05) is 24.6 Å². The van der Waals surface area contributed by atoms with Gasteiger partial charge in [0.15, 0.2) is 0 Å². The minimum Gasteiger partial charge on any atom is -0.494 e. The number of benzene rings is 1. The number of nitrogens with one attached hydrogen (secondary N) is 1. The third-order valence-corrected chi connectivity index (χ3v) is 7.50. The van der Waals surface area contributed by atoms with Crippen LogP contribution in [-0.4, -0.2) is 28.8 Å². The lowest BCUT2D eigenvalue weighted by Crippen LogP contribution is -2.48. The largest absolute Gasteiger partial charge is 0.494 e. The van der Waals surface area contributed by atoms with Crippen molar-refractivity contribution < 1.29 is 27.8 Å². The Balaban J connectivity index is 1.58. The van der Waals surface area contributed by atoms with Gasteiger partial charge in [-0.05, 0) is 56.4 Å². The number of halogens is 3. The van der Waals surface area contributed by atoms with Gasteiger partial charge in [-0.2, -0.15) is 18.4 Å². The van der Waals surface area contributed by atoms with Crippen LogP contribution in [0.15, 0.2) is 30.0 Å². The number of fused-ring (bicyclic) bond motifs is 2. The van der Waals surface area contributed by atoms with Crippen molar-refractivity contribution in [1.29, 1.82) is 5.26 Å². The molecular formula is C24H24F3N3O3S. The highest BCUT2D eigenvalue weighted by Gasteiger charge is 2.46. The number of thiazole rings is 1. The number of aliphatic hydroxyl groups is 1. The van der Waals surface area contributed by atoms with E-state index in [0.717, 1.165) is 11.1 Å². The molecule has 10 heteroatoms. The van der Waals surface area contributed by atoms with E-state index in [1.165, 1.54) is 11.3 Å². The van der Waals surface area contributed by atoms with Crippen molar-refractivity contribution in [3.8, 4) is 11.8 Å². The van der Waals surface area contributed by atoms with Gasteiger partial charge in [0.25, 0.3) is 5.91 Å². The van der Waals surface area contributed by atoms with E-state index in [1.54, 1.807) is 26.1 Å². The molecule has 0 bridgehead atoms. The molecule has 0 saturated heterocycles. The molecule has 0 saturated carbocycles. The van der Waals surface area contributed by atoms with Crippen LogP contribution in [0.3, 0.4) is 0 Å². The van der Waals surface area contributed by atoms with E-state index in [1.807, 2.05) is 18.2 Å². The lowest BCUT2D eigenvalue weighted by atomic mass is 9.80. The molecule has 1 aliphatic heterocycles. The van der Waals surface area contributed by atoms with E-state index in [9.17, 15) is 28.3 Å². The lowest BCUT2D eigenvalue weighted by Gasteiger charge is -2.36. The molecule has 0 unspecified atom stereocenters. The van der Waals surface area contributed by atoms with Crippen LogP contribution in [0.1, 0.15) is 60.5 Å². The fourth-order valence-electron chi connectivity index (χ4n) is 4.44. The van der Waals surface area contributed by atoms with Crippen molar-refractivity contribution in [2.24, 2.45) is 0 Å². The molecule has 6 nitrogen and oxygen atoms in total. The van der Waals surface area contributed by atoms with E-state index >= 15 is 0 Å². The number of hydrogen-bond donors (Lipinski definition) is 2. The van der Waals surface area contributed by atoms with E-state index < -0.39 is 29.6 Å². The van der Waals surface area contributed by atoms with Gasteiger partial charge in [0.1, 0.15) is 22.4 Å². The van der Waals surface area contributed by atoms with E-state index in [-0.39, 0.29) is 18.6 Å². The molecule has 1 amide bonds. The van der Waals surface area contributed by atoms with Gasteiger partial charge in [-0.25, -0.2) is 4.98 Å². The Labute approximate surface area is 199 Å². The summed E-state index contributed by atoms with van der Waals surface area (Å²) in [4.78, 5) is 17.9. The number of carbonyl (C=O) groups is 1. The Bertz CT molecular complexity index is 1190. The maximum atomic E-state index is 12.9. The second kappa shape index (κ2) is 8.71. The van der Waals surface area contributed by atoms with Crippen molar-refractivity contribution in [3.05, 3.63) is 51.0 Å². The monoisotopic (exact) mass is 491 g/mol. The number of nitriles is 1. The number of hydrogen-bond acceptors (Lipinski definition) is 6. The molecule has 0 radical (unpaired) electrons. The average Bonchev–Trinajstić information content (AvgIpc) is 3.36. The van der Waals surface area contributed by atoms with Crippen molar-refractivity contribution in [2.45, 2.75) is 63.3 Å². The summed E-state index contributed by atoms with van der Waals surface area (Å²) in [6.07, 6.45) is -2.02. The fourth-order valence-corrected chi connectivity index (χ4v) is 5.41. The first kappa shape index (κ1) is 24.2. The number of aryl methyl sites for hydroxylation is 1. The highest BCUT2D eigenvalue weighted by Crippen LogP contribution is 2.48. The minimum atomic E-state index is -4.20. The molecule has 2 heterocycles. The van der Waals surface area contributed by atoms with Gasteiger partial charge in [-0.3, -0.25) is 4.79 Å². The van der Waals surface area contributed by atoms with Crippen molar-refractivity contribution in [2.75, 3.05) is 6.61 Å². The van der Waals surface area contributed by atoms with Gasteiger partial charge in [-0.1, -0.05) is 6.07 Å². The quantitative estimate of drug-likeness (QED) is 0.570. The van der Waals surface area contributed by atoms with Crippen LogP contribution < -0.4 is 10.1 Å². The summed E-state index contributed by atoms with van der Waals surface area (Å²) in [5.74, 6) is 0.0208. The summed E-state index contributed by atoms with van der Waals surface area (Å²) in [5.41, 5.74) is 0.612. The minimum absolute atomic E-state index is 0.0142. The predicted octanol–water partition coefficient (Wildman–Crippen LogP) is 4.73. The van der Waals surface area contributed by atoms with E-state index in [4.69, 9.17) is 4.74 Å². The van der Waals surface area contributed by atoms with Crippen molar-refractivity contribution in [1.82, 2.24) is 10.3 Å². The van der Waals surface area contributed by atoms with Crippen LogP contribution in [0.4, 0.5) is 13.2 Å². The number of carbonyl (C=O) groups excluding carboxylic acids is 1. The maximum absolute atomic E-state index is 12.9. The zero-order chi connectivity index (χ0) is 24.7. The molecule has 1 aliphatic carbocycles. The zero-order valence-electron chi connectivity index (χ0n) is 18.8. The first-order valence-corrected chi connectivity index (χ1v) is 11.7. The van der Waals surface area contributed by atoms with Crippen LogP contribution in [0, 0.1) is 11.3 Å². The van der Waals surface area contributed by atoms with Crippen LogP contribution in [0.2, 0.25) is 0 Å². The Hall–Kier alpha value is -2.90. The first-order valence-electron chi connectivity index (χ1n) is 10.9. The van der Waals surface area contributed by atoms with Gasteiger partial charge < -0.3 is 15.2 Å². The third kappa shape index (κ3) is 4.81. The molecule has 4 rings (SSSR count). The number of aromatic nitrogens is 1. The van der Waals surface area contributed by atoms with Crippen LogP contribution >= 0.6 is 11.3 Å². The Kier molecular flexibility index (Phi) is 6.21. The Morgan fingerprint density at radius 2 is 2.12 bits per heavy atom. The molecule has 2 aliphatic rings. The van der Waals surface area contributed by atoms with Crippen molar-refractivity contribution in [3.63, 3.8) is 0 Å². The average molecular weight is 492 g/mol. The number of amides is 1. The van der Waals surface area contributed by atoms with Crippen LogP contribution in [0.25, 0.3) is 5.57 Å². The third-order valence-electron chi connectivity index (χ3n) is 6.13. The highest BCUT2D eigenvalue weighted by atomic mass is 32.1. The fraction of sp³-hybridized carbons (Fsp3) is 0.458. The highest BCUT2D eigenvalue weighted by molar-refractivity contribution is 7.12. The van der Waals surface area contributed by atoms with Gasteiger partial charge in [-0.15, -0.1) is 11.3 Å². The Morgan fingerprint density at radius 3 is 2.76 bits per heavy atom. The first-order chi connectivity index (χ1) is 15.9. The molecule has 1 atom stereocenters. The summed E-state index contributed by atoms with van der Waals surface area (Å²) < 4.78 is 42.5.